The van der Waals surface area contributed by atoms with Gasteiger partial charge in [0.15, 0.2) is 0 Å². The molecule has 1 aromatic rings. The first-order valence-corrected chi connectivity index (χ1v) is 8.50. The second kappa shape index (κ2) is 5.28. The molecule has 102 valence electrons. The standard InChI is InChI=1S/C12H20N2O2S2/c1-9-3-5-14(6-4-9)18(15,16)12-7-10(2)11(8-13)17-12/h7,9H,3-6,8,13H2,1-2H3. The number of hydrogen-bond acceptors (Lipinski definition) is 4. The minimum Gasteiger partial charge on any atom is -0.326 e. The monoisotopic (exact) mass is 288 g/mol. The van der Waals surface area contributed by atoms with Crippen molar-refractivity contribution in [2.24, 2.45) is 11.7 Å². The van der Waals surface area contributed by atoms with Gasteiger partial charge < -0.3 is 5.73 Å². The molecule has 18 heavy (non-hydrogen) atoms. The van der Waals surface area contributed by atoms with Crippen molar-refractivity contribution in [3.05, 3.63) is 16.5 Å². The van der Waals surface area contributed by atoms with Crippen LogP contribution in [-0.2, 0) is 16.6 Å². The fourth-order valence-corrected chi connectivity index (χ4v) is 5.26. The summed E-state index contributed by atoms with van der Waals surface area (Å²) in [7, 11) is -3.30. The normalized spacial score (nSPS) is 19.3. The zero-order chi connectivity index (χ0) is 13.3. The van der Waals surface area contributed by atoms with Crippen LogP contribution in [0.15, 0.2) is 10.3 Å². The highest BCUT2D eigenvalue weighted by molar-refractivity contribution is 7.91. The molecule has 6 heteroatoms. The largest absolute Gasteiger partial charge is 0.326 e. The molecular formula is C12H20N2O2S2. The van der Waals surface area contributed by atoms with Crippen molar-refractivity contribution >= 4 is 21.4 Å². The number of nitrogens with two attached hydrogens (primary N) is 1. The van der Waals surface area contributed by atoms with Crippen molar-refractivity contribution in [3.63, 3.8) is 0 Å². The van der Waals surface area contributed by atoms with Crippen LogP contribution >= 0.6 is 11.3 Å². The van der Waals surface area contributed by atoms with Crippen LogP contribution in [0.25, 0.3) is 0 Å². The smallest absolute Gasteiger partial charge is 0.252 e. The lowest BCUT2D eigenvalue weighted by Crippen LogP contribution is -2.37. The van der Waals surface area contributed by atoms with Gasteiger partial charge in [-0.15, -0.1) is 11.3 Å². The van der Waals surface area contributed by atoms with E-state index in [0.717, 1.165) is 23.3 Å². The SMILES string of the molecule is Cc1cc(S(=O)(=O)N2CCC(C)CC2)sc1CN. The van der Waals surface area contributed by atoms with E-state index in [2.05, 4.69) is 6.92 Å². The van der Waals surface area contributed by atoms with E-state index in [1.165, 1.54) is 11.3 Å². The number of hydrogen-bond donors (Lipinski definition) is 1. The van der Waals surface area contributed by atoms with Crippen molar-refractivity contribution in [1.82, 2.24) is 4.31 Å². The number of thiophene rings is 1. The Hall–Kier alpha value is -0.430. The predicted molar refractivity (Wildman–Crippen MR) is 74.1 cm³/mol. The highest BCUT2D eigenvalue weighted by Gasteiger charge is 2.29. The Morgan fingerprint density at radius 2 is 2.06 bits per heavy atom. The Labute approximate surface area is 113 Å². The third-order valence-electron chi connectivity index (χ3n) is 3.52. The van der Waals surface area contributed by atoms with E-state index in [1.807, 2.05) is 6.92 Å². The first-order valence-electron chi connectivity index (χ1n) is 6.24. The molecule has 0 atom stereocenters. The van der Waals surface area contributed by atoms with Crippen molar-refractivity contribution in [2.75, 3.05) is 13.1 Å². The Morgan fingerprint density at radius 1 is 1.44 bits per heavy atom. The van der Waals surface area contributed by atoms with Gasteiger partial charge in [0, 0.05) is 24.5 Å². The number of nitrogens with zero attached hydrogens (tertiary/aromatic N) is 1. The van der Waals surface area contributed by atoms with E-state index in [0.29, 0.717) is 29.8 Å². The molecule has 0 spiro atoms. The average molecular weight is 288 g/mol. The average Bonchev–Trinajstić information content (AvgIpc) is 2.72. The minimum atomic E-state index is -3.30. The molecule has 0 amide bonds. The zero-order valence-electron chi connectivity index (χ0n) is 10.8. The first kappa shape index (κ1) is 14.0. The summed E-state index contributed by atoms with van der Waals surface area (Å²) in [4.78, 5) is 0.957. The molecule has 0 saturated carbocycles. The summed E-state index contributed by atoms with van der Waals surface area (Å²) in [5.74, 6) is 0.626. The fraction of sp³-hybridized carbons (Fsp3) is 0.667. The van der Waals surface area contributed by atoms with Gasteiger partial charge in [-0.3, -0.25) is 0 Å². The zero-order valence-corrected chi connectivity index (χ0v) is 12.5. The molecule has 0 aromatic carbocycles. The molecule has 2 N–H and O–H groups in total. The quantitative estimate of drug-likeness (QED) is 0.924. The number of rotatable bonds is 3. The van der Waals surface area contributed by atoms with Gasteiger partial charge in [0.2, 0.25) is 0 Å². The van der Waals surface area contributed by atoms with Crippen LogP contribution < -0.4 is 5.73 Å². The molecule has 4 nitrogen and oxygen atoms in total. The van der Waals surface area contributed by atoms with Crippen molar-refractivity contribution in [2.45, 2.75) is 37.4 Å². The third kappa shape index (κ3) is 2.61. The number of piperidine rings is 1. The van der Waals surface area contributed by atoms with E-state index >= 15 is 0 Å². The van der Waals surface area contributed by atoms with Crippen LogP contribution in [0.5, 0.6) is 0 Å². The van der Waals surface area contributed by atoms with Gasteiger partial charge in [0.1, 0.15) is 4.21 Å². The van der Waals surface area contributed by atoms with Gasteiger partial charge in [-0.2, -0.15) is 4.31 Å². The predicted octanol–water partition coefficient (Wildman–Crippen LogP) is 1.94. The highest BCUT2D eigenvalue weighted by atomic mass is 32.2. The Morgan fingerprint density at radius 3 is 2.56 bits per heavy atom. The summed E-state index contributed by atoms with van der Waals surface area (Å²) in [5, 5.41) is 0. The fourth-order valence-electron chi connectivity index (χ4n) is 2.17. The summed E-state index contributed by atoms with van der Waals surface area (Å²) in [5.41, 5.74) is 6.58. The number of sulfonamides is 1. The Bertz CT molecular complexity index is 514. The first-order chi connectivity index (χ1) is 8.45. The highest BCUT2D eigenvalue weighted by Crippen LogP contribution is 2.30. The van der Waals surface area contributed by atoms with Crippen LogP contribution in [0.3, 0.4) is 0 Å². The molecular weight excluding hydrogens is 268 g/mol. The molecule has 0 aliphatic carbocycles. The van der Waals surface area contributed by atoms with Crippen molar-refractivity contribution in [1.29, 1.82) is 0 Å². The van der Waals surface area contributed by atoms with Crippen LogP contribution in [-0.4, -0.2) is 25.8 Å². The van der Waals surface area contributed by atoms with Gasteiger partial charge in [0.25, 0.3) is 10.0 Å². The van der Waals surface area contributed by atoms with E-state index < -0.39 is 10.0 Å². The summed E-state index contributed by atoms with van der Waals surface area (Å²) in [6, 6.07) is 1.75. The summed E-state index contributed by atoms with van der Waals surface area (Å²) in [6.07, 6.45) is 1.90. The number of aryl methyl sites for hydroxylation is 1. The van der Waals surface area contributed by atoms with Gasteiger partial charge >= 0.3 is 0 Å². The van der Waals surface area contributed by atoms with Gasteiger partial charge in [-0.25, -0.2) is 8.42 Å². The molecule has 0 unspecified atom stereocenters. The molecule has 1 aliphatic rings. The second-order valence-electron chi connectivity index (χ2n) is 4.96. The maximum absolute atomic E-state index is 12.5. The molecule has 1 fully saturated rings. The Kier molecular flexibility index (Phi) is 4.11. The van der Waals surface area contributed by atoms with Crippen molar-refractivity contribution in [3.8, 4) is 0 Å². The lowest BCUT2D eigenvalue weighted by molar-refractivity contribution is 0.288. The van der Waals surface area contributed by atoms with Crippen LogP contribution in [0.2, 0.25) is 0 Å². The minimum absolute atomic E-state index is 0.406. The van der Waals surface area contributed by atoms with Gasteiger partial charge in [0.05, 0.1) is 0 Å². The maximum Gasteiger partial charge on any atom is 0.252 e. The van der Waals surface area contributed by atoms with Crippen LogP contribution in [0, 0.1) is 12.8 Å². The van der Waals surface area contributed by atoms with E-state index in [1.54, 1.807) is 10.4 Å². The molecule has 1 aromatic heterocycles. The Balaban J connectivity index is 2.24. The van der Waals surface area contributed by atoms with Gasteiger partial charge in [-0.05, 0) is 37.3 Å². The summed E-state index contributed by atoms with van der Waals surface area (Å²) < 4.78 is 27.0. The molecule has 0 bridgehead atoms. The lowest BCUT2D eigenvalue weighted by Gasteiger charge is -2.28. The van der Waals surface area contributed by atoms with E-state index in [-0.39, 0.29) is 0 Å². The summed E-state index contributed by atoms with van der Waals surface area (Å²) >= 11 is 1.31. The van der Waals surface area contributed by atoms with Crippen LogP contribution in [0.1, 0.15) is 30.2 Å². The molecule has 0 radical (unpaired) electrons. The van der Waals surface area contributed by atoms with Crippen LogP contribution in [0.4, 0.5) is 0 Å². The third-order valence-corrected chi connectivity index (χ3v) is 7.13. The molecule has 2 rings (SSSR count). The summed E-state index contributed by atoms with van der Waals surface area (Å²) in [6.45, 7) is 5.77. The second-order valence-corrected chi connectivity index (χ2v) is 8.26. The molecule has 1 aliphatic heterocycles. The van der Waals surface area contributed by atoms with E-state index in [4.69, 9.17) is 5.73 Å². The van der Waals surface area contributed by atoms with Gasteiger partial charge in [-0.1, -0.05) is 6.92 Å². The molecule has 2 heterocycles. The topological polar surface area (TPSA) is 63.4 Å². The maximum atomic E-state index is 12.5. The lowest BCUT2D eigenvalue weighted by atomic mass is 10.0. The van der Waals surface area contributed by atoms with Crippen molar-refractivity contribution < 1.29 is 8.42 Å². The molecule has 1 saturated heterocycles. The van der Waals surface area contributed by atoms with E-state index in [9.17, 15) is 8.42 Å².